The molecule has 1 saturated carbocycles. The highest BCUT2D eigenvalue weighted by atomic mass is 19.4. The molecule has 1 aliphatic rings. The molecule has 0 aliphatic heterocycles. The van der Waals surface area contributed by atoms with Crippen LogP contribution in [0.4, 0.5) is 22.0 Å². The molecular weight excluding hydrogens is 457 g/mol. The standard InChI is InChI=1S/C23H24F5N5O/c1-13-19(30-21(20(24)25)32(13)2)17-11-15(14-7-4-3-5-8-14)22(34)33(31-17)12-18-16(23(26,27)28)9-6-10-29-18/h6,9-11,14,20H,3-5,7-8,12H2,1-2H3. The van der Waals surface area contributed by atoms with Crippen molar-refractivity contribution in [2.45, 2.75) is 64.1 Å². The van der Waals surface area contributed by atoms with Crippen LogP contribution in [-0.2, 0) is 19.8 Å². The lowest BCUT2D eigenvalue weighted by atomic mass is 9.84. The smallest absolute Gasteiger partial charge is 0.330 e. The number of hydrogen-bond acceptors (Lipinski definition) is 4. The number of halogens is 5. The van der Waals surface area contributed by atoms with Gasteiger partial charge in [-0.05, 0) is 43.9 Å². The average molecular weight is 481 g/mol. The van der Waals surface area contributed by atoms with Crippen LogP contribution in [0.15, 0.2) is 29.2 Å². The number of hydrogen-bond donors (Lipinski definition) is 0. The molecule has 3 aromatic rings. The summed E-state index contributed by atoms with van der Waals surface area (Å²) < 4.78 is 69.6. The van der Waals surface area contributed by atoms with Gasteiger partial charge in [0.2, 0.25) is 0 Å². The van der Waals surface area contributed by atoms with Crippen molar-refractivity contribution in [3.05, 3.63) is 63.1 Å². The maximum absolute atomic E-state index is 13.5. The van der Waals surface area contributed by atoms with Gasteiger partial charge in [-0.1, -0.05) is 19.3 Å². The first kappa shape index (κ1) is 24.0. The molecule has 3 aromatic heterocycles. The highest BCUT2D eigenvalue weighted by Gasteiger charge is 2.34. The second-order valence-electron chi connectivity index (χ2n) is 8.54. The highest BCUT2D eigenvalue weighted by Crippen LogP contribution is 2.34. The predicted octanol–water partition coefficient (Wildman–Crippen LogP) is 5.40. The largest absolute Gasteiger partial charge is 0.418 e. The van der Waals surface area contributed by atoms with Gasteiger partial charge >= 0.3 is 6.18 Å². The van der Waals surface area contributed by atoms with E-state index in [1.54, 1.807) is 13.0 Å². The zero-order chi connectivity index (χ0) is 24.6. The summed E-state index contributed by atoms with van der Waals surface area (Å²) in [4.78, 5) is 21.2. The molecule has 34 heavy (non-hydrogen) atoms. The van der Waals surface area contributed by atoms with Crippen LogP contribution in [0.2, 0.25) is 0 Å². The van der Waals surface area contributed by atoms with Crippen molar-refractivity contribution in [3.8, 4) is 11.4 Å². The first-order valence-electron chi connectivity index (χ1n) is 11.0. The van der Waals surface area contributed by atoms with E-state index in [1.165, 1.54) is 23.9 Å². The van der Waals surface area contributed by atoms with Gasteiger partial charge in [-0.25, -0.2) is 18.4 Å². The Balaban J connectivity index is 1.88. The van der Waals surface area contributed by atoms with E-state index < -0.39 is 36.1 Å². The molecule has 1 fully saturated rings. The Labute approximate surface area is 192 Å². The van der Waals surface area contributed by atoms with E-state index in [9.17, 15) is 26.7 Å². The molecule has 182 valence electrons. The van der Waals surface area contributed by atoms with Crippen molar-refractivity contribution < 1.29 is 22.0 Å². The normalized spacial score (nSPS) is 15.3. The third-order valence-electron chi connectivity index (χ3n) is 6.40. The van der Waals surface area contributed by atoms with Crippen LogP contribution in [0, 0.1) is 6.92 Å². The van der Waals surface area contributed by atoms with Crippen LogP contribution in [0.25, 0.3) is 11.4 Å². The predicted molar refractivity (Wildman–Crippen MR) is 115 cm³/mol. The van der Waals surface area contributed by atoms with E-state index in [4.69, 9.17) is 0 Å². The van der Waals surface area contributed by atoms with Crippen LogP contribution < -0.4 is 5.56 Å². The summed E-state index contributed by atoms with van der Waals surface area (Å²) in [7, 11) is 1.45. The van der Waals surface area contributed by atoms with E-state index in [2.05, 4.69) is 15.1 Å². The van der Waals surface area contributed by atoms with E-state index >= 15 is 0 Å². The van der Waals surface area contributed by atoms with Crippen molar-refractivity contribution in [1.82, 2.24) is 24.3 Å². The number of aromatic nitrogens is 5. The summed E-state index contributed by atoms with van der Waals surface area (Å²) >= 11 is 0. The molecule has 0 atom stereocenters. The van der Waals surface area contributed by atoms with E-state index in [0.717, 1.165) is 42.9 Å². The SMILES string of the molecule is Cc1c(-c2cc(C3CCCCC3)c(=O)n(Cc3ncccc3C(F)(F)F)n2)nc(C(F)F)n1C. The zero-order valence-electron chi connectivity index (χ0n) is 18.7. The lowest BCUT2D eigenvalue weighted by Gasteiger charge is -2.22. The van der Waals surface area contributed by atoms with Crippen LogP contribution in [-0.4, -0.2) is 24.3 Å². The van der Waals surface area contributed by atoms with Gasteiger partial charge in [-0.3, -0.25) is 9.78 Å². The summed E-state index contributed by atoms with van der Waals surface area (Å²) in [6, 6.07) is 3.63. The summed E-state index contributed by atoms with van der Waals surface area (Å²) in [6.07, 6.45) is -1.82. The summed E-state index contributed by atoms with van der Waals surface area (Å²) in [5.74, 6) is -0.533. The molecule has 4 rings (SSSR count). The first-order chi connectivity index (χ1) is 16.1. The molecule has 3 heterocycles. The molecule has 0 aromatic carbocycles. The summed E-state index contributed by atoms with van der Waals surface area (Å²) in [6.45, 7) is 1.10. The van der Waals surface area contributed by atoms with Gasteiger partial charge in [-0.2, -0.15) is 18.3 Å². The van der Waals surface area contributed by atoms with Crippen molar-refractivity contribution in [1.29, 1.82) is 0 Å². The summed E-state index contributed by atoms with van der Waals surface area (Å²) in [5.41, 5.74) is -0.638. The van der Waals surface area contributed by atoms with Gasteiger partial charge in [0.25, 0.3) is 12.0 Å². The highest BCUT2D eigenvalue weighted by molar-refractivity contribution is 5.58. The lowest BCUT2D eigenvalue weighted by molar-refractivity contribution is -0.138. The van der Waals surface area contributed by atoms with Gasteiger partial charge in [-0.15, -0.1) is 0 Å². The maximum Gasteiger partial charge on any atom is 0.418 e. The van der Waals surface area contributed by atoms with E-state index in [0.29, 0.717) is 11.3 Å². The number of imidazole rings is 1. The van der Waals surface area contributed by atoms with Gasteiger partial charge in [0.15, 0.2) is 5.82 Å². The van der Waals surface area contributed by atoms with E-state index in [-0.39, 0.29) is 23.0 Å². The fourth-order valence-corrected chi connectivity index (χ4v) is 4.49. The van der Waals surface area contributed by atoms with Gasteiger partial charge in [0, 0.05) is 24.5 Å². The minimum Gasteiger partial charge on any atom is -0.330 e. The van der Waals surface area contributed by atoms with Crippen molar-refractivity contribution >= 4 is 0 Å². The number of nitrogens with zero attached hydrogens (tertiary/aromatic N) is 5. The second-order valence-corrected chi connectivity index (χ2v) is 8.54. The Kier molecular flexibility index (Phi) is 6.55. The molecule has 0 N–H and O–H groups in total. The molecule has 11 heteroatoms. The first-order valence-corrected chi connectivity index (χ1v) is 11.0. The second kappa shape index (κ2) is 9.27. The van der Waals surface area contributed by atoms with Crippen LogP contribution in [0.3, 0.4) is 0 Å². The Hall–Kier alpha value is -3.11. The molecular formula is C23H24F5N5O. The molecule has 0 bridgehead atoms. The van der Waals surface area contributed by atoms with Crippen molar-refractivity contribution in [3.63, 3.8) is 0 Å². The minimum atomic E-state index is -4.65. The lowest BCUT2D eigenvalue weighted by Crippen LogP contribution is -2.30. The van der Waals surface area contributed by atoms with Crippen LogP contribution >= 0.6 is 0 Å². The molecule has 0 amide bonds. The van der Waals surface area contributed by atoms with Gasteiger partial charge in [0.05, 0.1) is 17.8 Å². The van der Waals surface area contributed by atoms with Crippen LogP contribution in [0.5, 0.6) is 0 Å². The Morgan fingerprint density at radius 1 is 1.18 bits per heavy atom. The van der Waals surface area contributed by atoms with Gasteiger partial charge in [0.1, 0.15) is 11.4 Å². The molecule has 0 spiro atoms. The minimum absolute atomic E-state index is 0.0846. The van der Waals surface area contributed by atoms with Crippen LogP contribution in [0.1, 0.15) is 72.8 Å². The molecule has 6 nitrogen and oxygen atoms in total. The topological polar surface area (TPSA) is 65.6 Å². The number of pyridine rings is 1. The Morgan fingerprint density at radius 2 is 1.88 bits per heavy atom. The molecule has 0 unspecified atom stereocenters. The third-order valence-corrected chi connectivity index (χ3v) is 6.40. The monoisotopic (exact) mass is 481 g/mol. The Morgan fingerprint density at radius 3 is 2.50 bits per heavy atom. The zero-order valence-corrected chi connectivity index (χ0v) is 18.7. The third kappa shape index (κ3) is 4.60. The molecule has 0 saturated heterocycles. The Bertz CT molecular complexity index is 1240. The summed E-state index contributed by atoms with van der Waals surface area (Å²) in [5, 5.41) is 4.27. The maximum atomic E-state index is 13.5. The van der Waals surface area contributed by atoms with Crippen molar-refractivity contribution in [2.24, 2.45) is 7.05 Å². The fourth-order valence-electron chi connectivity index (χ4n) is 4.49. The average Bonchev–Trinajstić information content (AvgIpc) is 3.10. The molecule has 0 radical (unpaired) electrons. The van der Waals surface area contributed by atoms with Gasteiger partial charge < -0.3 is 4.57 Å². The number of rotatable bonds is 5. The van der Waals surface area contributed by atoms with E-state index in [1.807, 2.05) is 0 Å². The quantitative estimate of drug-likeness (QED) is 0.458. The van der Waals surface area contributed by atoms with Crippen molar-refractivity contribution in [2.75, 3.05) is 0 Å². The molecule has 1 aliphatic carbocycles. The fraction of sp³-hybridized carbons (Fsp3) is 0.478. The number of alkyl halides is 5.